The quantitative estimate of drug-likeness (QED) is 0.434. The normalized spacial score (nSPS) is 19.5. The molecule has 8 heavy (non-hydrogen) atoms. The van der Waals surface area contributed by atoms with Crippen molar-refractivity contribution >= 4 is 0 Å². The van der Waals surface area contributed by atoms with Crippen molar-refractivity contribution in [3.63, 3.8) is 0 Å². The Kier molecular flexibility index (Phi) is 0.892. The molecule has 0 nitrogen and oxygen atoms in total. The van der Waals surface area contributed by atoms with E-state index < -0.39 is 23.3 Å². The molecule has 0 radical (unpaired) electrons. The minimum atomic E-state index is -1.72. The van der Waals surface area contributed by atoms with Gasteiger partial charge in [0.05, 0.1) is 0 Å². The second-order valence-corrected chi connectivity index (χ2v) is 1.26. The summed E-state index contributed by atoms with van der Waals surface area (Å²) in [5, 5.41) is 0. The van der Waals surface area contributed by atoms with Crippen LogP contribution in [0.1, 0.15) is 0 Å². The highest BCUT2D eigenvalue weighted by Gasteiger charge is 2.31. The van der Waals surface area contributed by atoms with E-state index >= 15 is 0 Å². The van der Waals surface area contributed by atoms with Crippen LogP contribution in [0, 0.1) is 0 Å². The average Bonchev–Trinajstić information content (AvgIpc) is 1.83. The van der Waals surface area contributed by atoms with Gasteiger partial charge in [-0.2, -0.15) is 0 Å². The lowest BCUT2D eigenvalue weighted by Crippen LogP contribution is -1.97. The van der Waals surface area contributed by atoms with Crippen LogP contribution < -0.4 is 0 Å². The molecule has 0 atom stereocenters. The second-order valence-electron chi connectivity index (χ2n) is 1.26. The molecule has 4 heteroatoms. The fourth-order valence-electron chi connectivity index (χ4n) is 0.323. The number of halogens is 4. The zero-order valence-corrected chi connectivity index (χ0v) is 3.51. The third-order valence-electron chi connectivity index (χ3n) is 0.771. The van der Waals surface area contributed by atoms with Crippen LogP contribution in [-0.4, -0.2) is 0 Å². The van der Waals surface area contributed by atoms with Gasteiger partial charge in [0, 0.05) is 0 Å². The molecule has 44 valence electrons. The predicted molar refractivity (Wildman–Crippen MR) is 18.5 cm³/mol. The smallest absolute Gasteiger partial charge is 0.200 e. The van der Waals surface area contributed by atoms with Crippen LogP contribution >= 0.6 is 0 Å². The first kappa shape index (κ1) is 5.34. The Bertz CT molecular complexity index is 135. The van der Waals surface area contributed by atoms with Crippen LogP contribution in [0.3, 0.4) is 0 Å². The maximum Gasteiger partial charge on any atom is 0.200 e. The minimum Gasteiger partial charge on any atom is -0.200 e. The zero-order valence-electron chi connectivity index (χ0n) is 3.51. The van der Waals surface area contributed by atoms with Crippen LogP contribution in [0.15, 0.2) is 23.3 Å². The van der Waals surface area contributed by atoms with Gasteiger partial charge >= 0.3 is 0 Å². The van der Waals surface area contributed by atoms with E-state index in [1.54, 1.807) is 0 Å². The molecule has 0 fully saturated rings. The van der Waals surface area contributed by atoms with Gasteiger partial charge in [-0.15, -0.1) is 0 Å². The van der Waals surface area contributed by atoms with Gasteiger partial charge in [-0.25, -0.2) is 17.6 Å². The van der Waals surface area contributed by atoms with Crippen molar-refractivity contribution in [3.8, 4) is 0 Å². The van der Waals surface area contributed by atoms with Gasteiger partial charge in [0.25, 0.3) is 0 Å². The molecule has 0 heterocycles. The molecule has 1 aliphatic carbocycles. The van der Waals surface area contributed by atoms with E-state index in [9.17, 15) is 17.6 Å². The molecule has 0 aromatic rings. The monoisotopic (exact) mass is 124 g/mol. The third-order valence-corrected chi connectivity index (χ3v) is 0.771. The molecule has 0 aromatic carbocycles. The molecule has 0 saturated carbocycles. The Morgan fingerprint density at radius 3 is 0.750 bits per heavy atom. The van der Waals surface area contributed by atoms with Crippen molar-refractivity contribution in [3.05, 3.63) is 23.3 Å². The summed E-state index contributed by atoms with van der Waals surface area (Å²) in [4.78, 5) is 0. The van der Waals surface area contributed by atoms with Crippen molar-refractivity contribution in [2.24, 2.45) is 0 Å². The number of allylic oxidation sites excluding steroid dienone is 4. The maximum absolute atomic E-state index is 11.4. The zero-order chi connectivity index (χ0) is 6.31. The molecule has 1 aliphatic rings. The molecule has 0 unspecified atom stereocenters. The SMILES string of the molecule is FC1=C(F)C(F)=C1F. The number of hydrogen-bond acceptors (Lipinski definition) is 0. The van der Waals surface area contributed by atoms with Crippen molar-refractivity contribution in [2.45, 2.75) is 0 Å². The Balaban J connectivity index is 2.86. The summed E-state index contributed by atoms with van der Waals surface area (Å²) in [6.45, 7) is 0. The van der Waals surface area contributed by atoms with Crippen LogP contribution in [0.4, 0.5) is 17.6 Å². The highest BCUT2D eigenvalue weighted by atomic mass is 19.2. The Morgan fingerprint density at radius 2 is 0.625 bits per heavy atom. The third kappa shape index (κ3) is 0.397. The van der Waals surface area contributed by atoms with E-state index in [0.717, 1.165) is 0 Å². The van der Waals surface area contributed by atoms with Crippen molar-refractivity contribution in [1.29, 1.82) is 0 Å². The molecule has 1 rings (SSSR count). The van der Waals surface area contributed by atoms with E-state index in [-0.39, 0.29) is 0 Å². The highest BCUT2D eigenvalue weighted by Crippen LogP contribution is 2.38. The Hall–Kier alpha value is -0.800. The standard InChI is InChI=1S/C4F4/c5-1-2(6)4(8)3(1)7. The fourth-order valence-corrected chi connectivity index (χ4v) is 0.323. The van der Waals surface area contributed by atoms with E-state index in [1.165, 1.54) is 0 Å². The maximum atomic E-state index is 11.4. The Labute approximate surface area is 42.1 Å². The van der Waals surface area contributed by atoms with Gasteiger partial charge in [-0.05, 0) is 0 Å². The largest absolute Gasteiger partial charge is 0.200 e. The van der Waals surface area contributed by atoms with Gasteiger partial charge in [-0.3, -0.25) is 0 Å². The lowest BCUT2D eigenvalue weighted by molar-refractivity contribution is 0.398. The molecule has 0 amide bonds. The van der Waals surface area contributed by atoms with Gasteiger partial charge in [-0.1, -0.05) is 0 Å². The van der Waals surface area contributed by atoms with Crippen LogP contribution in [0.5, 0.6) is 0 Å². The van der Waals surface area contributed by atoms with Crippen LogP contribution in [0.25, 0.3) is 0 Å². The van der Waals surface area contributed by atoms with Crippen molar-refractivity contribution in [1.82, 2.24) is 0 Å². The van der Waals surface area contributed by atoms with Gasteiger partial charge in [0.1, 0.15) is 0 Å². The van der Waals surface area contributed by atoms with Gasteiger partial charge in [0.15, 0.2) is 0 Å². The first-order chi connectivity index (χ1) is 3.64. The molecule has 0 saturated heterocycles. The van der Waals surface area contributed by atoms with Crippen LogP contribution in [-0.2, 0) is 0 Å². The predicted octanol–water partition coefficient (Wildman–Crippen LogP) is 2.30. The Morgan fingerprint density at radius 1 is 0.500 bits per heavy atom. The molecule has 0 spiro atoms. The molecule has 0 aromatic heterocycles. The summed E-state index contributed by atoms with van der Waals surface area (Å²) in [6, 6.07) is 0. The van der Waals surface area contributed by atoms with E-state index in [1.807, 2.05) is 0 Å². The lowest BCUT2D eigenvalue weighted by Gasteiger charge is -2.05. The van der Waals surface area contributed by atoms with Gasteiger partial charge < -0.3 is 0 Å². The fraction of sp³-hybridized carbons (Fsp3) is 0. The second kappa shape index (κ2) is 1.34. The van der Waals surface area contributed by atoms with E-state index in [2.05, 4.69) is 0 Å². The first-order valence-electron chi connectivity index (χ1n) is 1.76. The summed E-state index contributed by atoms with van der Waals surface area (Å²) < 4.78 is 45.5. The molecular weight excluding hydrogens is 124 g/mol. The minimum absolute atomic E-state index is 1.72. The molecule has 0 aliphatic heterocycles. The molecule has 0 N–H and O–H groups in total. The summed E-state index contributed by atoms with van der Waals surface area (Å²) >= 11 is 0. The highest BCUT2D eigenvalue weighted by molar-refractivity contribution is 5.45. The molecule has 0 bridgehead atoms. The molecular formula is C4F4. The van der Waals surface area contributed by atoms with Crippen molar-refractivity contribution in [2.75, 3.05) is 0 Å². The van der Waals surface area contributed by atoms with Gasteiger partial charge in [0.2, 0.25) is 23.3 Å². The summed E-state index contributed by atoms with van der Waals surface area (Å²) in [5.74, 6) is -6.88. The summed E-state index contributed by atoms with van der Waals surface area (Å²) in [6.07, 6.45) is 0. The topological polar surface area (TPSA) is 0 Å². The summed E-state index contributed by atoms with van der Waals surface area (Å²) in [5.41, 5.74) is 0. The first-order valence-corrected chi connectivity index (χ1v) is 1.76. The summed E-state index contributed by atoms with van der Waals surface area (Å²) in [7, 11) is 0. The number of hydrogen-bond donors (Lipinski definition) is 0. The number of rotatable bonds is 0. The lowest BCUT2D eigenvalue weighted by atomic mass is 10.2. The van der Waals surface area contributed by atoms with E-state index in [0.29, 0.717) is 0 Å². The van der Waals surface area contributed by atoms with Crippen LogP contribution in [0.2, 0.25) is 0 Å². The van der Waals surface area contributed by atoms with Crippen molar-refractivity contribution < 1.29 is 17.6 Å². The average molecular weight is 124 g/mol. The van der Waals surface area contributed by atoms with E-state index in [4.69, 9.17) is 0 Å².